The first kappa shape index (κ1) is 18.2. The molecule has 3 rings (SSSR count). The molecule has 0 radical (unpaired) electrons. The highest BCUT2D eigenvalue weighted by Gasteiger charge is 2.20. The van der Waals surface area contributed by atoms with Crippen molar-refractivity contribution in [2.75, 3.05) is 5.32 Å². The van der Waals surface area contributed by atoms with Crippen LogP contribution in [0.4, 0.5) is 10.2 Å². The minimum absolute atomic E-state index is 0.00333. The summed E-state index contributed by atoms with van der Waals surface area (Å²) in [5.41, 5.74) is 0.456. The molecular formula is C18H16FN5O3. The normalized spacial score (nSPS) is 10.8. The van der Waals surface area contributed by atoms with E-state index in [-0.39, 0.29) is 23.1 Å². The Labute approximate surface area is 153 Å². The van der Waals surface area contributed by atoms with Crippen LogP contribution in [0.2, 0.25) is 0 Å². The van der Waals surface area contributed by atoms with Crippen molar-refractivity contribution in [3.8, 4) is 5.69 Å². The summed E-state index contributed by atoms with van der Waals surface area (Å²) in [4.78, 5) is 31.4. The number of carbonyl (C=O) groups is 2. The summed E-state index contributed by atoms with van der Waals surface area (Å²) in [6.07, 6.45) is 1.14. The highest BCUT2D eigenvalue weighted by atomic mass is 19.1. The summed E-state index contributed by atoms with van der Waals surface area (Å²) < 4.78 is 15.0. The Morgan fingerprint density at radius 1 is 1.22 bits per heavy atom. The zero-order chi connectivity index (χ0) is 19.6. The SMILES string of the molecule is CC(C)c1nc(C(=O)Nc2ccc(C(=O)O)cn2)nn1-c1cccc(F)c1. The molecule has 0 spiro atoms. The molecule has 2 aromatic heterocycles. The second-order valence-corrected chi connectivity index (χ2v) is 6.03. The number of benzene rings is 1. The summed E-state index contributed by atoms with van der Waals surface area (Å²) in [6, 6.07) is 8.52. The number of carboxylic acids is 1. The lowest BCUT2D eigenvalue weighted by molar-refractivity contribution is 0.0696. The average molecular weight is 369 g/mol. The predicted octanol–water partition coefficient (Wildman–Crippen LogP) is 2.88. The van der Waals surface area contributed by atoms with Crippen LogP contribution in [0.3, 0.4) is 0 Å². The van der Waals surface area contributed by atoms with Gasteiger partial charge in [0.1, 0.15) is 17.5 Å². The van der Waals surface area contributed by atoms with E-state index in [0.717, 1.165) is 6.20 Å². The van der Waals surface area contributed by atoms with Crippen molar-refractivity contribution in [2.24, 2.45) is 0 Å². The van der Waals surface area contributed by atoms with Crippen molar-refractivity contribution in [3.63, 3.8) is 0 Å². The highest BCUT2D eigenvalue weighted by Crippen LogP contribution is 2.18. The van der Waals surface area contributed by atoms with Crippen LogP contribution in [0, 0.1) is 5.82 Å². The van der Waals surface area contributed by atoms with E-state index in [2.05, 4.69) is 20.4 Å². The quantitative estimate of drug-likeness (QED) is 0.716. The molecule has 3 aromatic rings. The minimum Gasteiger partial charge on any atom is -0.478 e. The number of anilines is 1. The van der Waals surface area contributed by atoms with E-state index in [1.165, 1.54) is 28.9 Å². The van der Waals surface area contributed by atoms with Gasteiger partial charge < -0.3 is 10.4 Å². The first-order chi connectivity index (χ1) is 12.8. The number of halogens is 1. The Kier molecular flexibility index (Phi) is 4.93. The molecule has 0 saturated carbocycles. The summed E-state index contributed by atoms with van der Waals surface area (Å²) in [5, 5.41) is 15.6. The molecule has 0 aliphatic heterocycles. The standard InChI is InChI=1S/C18H16FN5O3/c1-10(2)16-22-15(23-24(16)13-5-3-4-12(19)8-13)17(25)21-14-7-6-11(9-20-14)18(26)27/h3-10H,1-2H3,(H,26,27)(H,20,21,25). The van der Waals surface area contributed by atoms with Crippen molar-refractivity contribution in [3.05, 3.63) is 65.6 Å². The molecule has 1 amide bonds. The van der Waals surface area contributed by atoms with Gasteiger partial charge in [0.2, 0.25) is 5.82 Å². The molecule has 2 heterocycles. The Hall–Kier alpha value is -3.62. The second-order valence-electron chi connectivity index (χ2n) is 6.03. The minimum atomic E-state index is -1.11. The molecule has 9 heteroatoms. The fourth-order valence-electron chi connectivity index (χ4n) is 2.36. The molecular weight excluding hydrogens is 353 g/mol. The Morgan fingerprint density at radius 2 is 2.00 bits per heavy atom. The monoisotopic (exact) mass is 369 g/mol. The largest absolute Gasteiger partial charge is 0.478 e. The van der Waals surface area contributed by atoms with Gasteiger partial charge in [0, 0.05) is 12.1 Å². The van der Waals surface area contributed by atoms with Crippen LogP contribution in [-0.2, 0) is 0 Å². The Balaban J connectivity index is 1.89. The number of hydrogen-bond donors (Lipinski definition) is 2. The molecule has 2 N–H and O–H groups in total. The zero-order valence-corrected chi connectivity index (χ0v) is 14.5. The Bertz CT molecular complexity index is 998. The third-order valence-corrected chi connectivity index (χ3v) is 3.66. The predicted molar refractivity (Wildman–Crippen MR) is 94.6 cm³/mol. The fraction of sp³-hybridized carbons (Fsp3) is 0.167. The van der Waals surface area contributed by atoms with Gasteiger partial charge in [0.05, 0.1) is 11.3 Å². The molecule has 8 nitrogen and oxygen atoms in total. The van der Waals surface area contributed by atoms with Crippen molar-refractivity contribution >= 4 is 17.7 Å². The van der Waals surface area contributed by atoms with Gasteiger partial charge in [-0.2, -0.15) is 0 Å². The summed E-state index contributed by atoms with van der Waals surface area (Å²) >= 11 is 0. The van der Waals surface area contributed by atoms with E-state index in [1.807, 2.05) is 13.8 Å². The second kappa shape index (κ2) is 7.32. The van der Waals surface area contributed by atoms with E-state index < -0.39 is 17.7 Å². The van der Waals surface area contributed by atoms with Crippen LogP contribution >= 0.6 is 0 Å². The van der Waals surface area contributed by atoms with E-state index in [1.54, 1.807) is 12.1 Å². The first-order valence-electron chi connectivity index (χ1n) is 8.08. The van der Waals surface area contributed by atoms with Crippen molar-refractivity contribution in [1.29, 1.82) is 0 Å². The molecule has 0 bridgehead atoms. The van der Waals surface area contributed by atoms with Crippen molar-refractivity contribution in [1.82, 2.24) is 19.7 Å². The van der Waals surface area contributed by atoms with Gasteiger partial charge in [-0.05, 0) is 30.3 Å². The van der Waals surface area contributed by atoms with Crippen molar-refractivity contribution in [2.45, 2.75) is 19.8 Å². The number of aromatic carboxylic acids is 1. The molecule has 0 unspecified atom stereocenters. The van der Waals surface area contributed by atoms with E-state index in [4.69, 9.17) is 5.11 Å². The van der Waals surface area contributed by atoms with Crippen LogP contribution < -0.4 is 5.32 Å². The molecule has 0 saturated heterocycles. The summed E-state index contributed by atoms with van der Waals surface area (Å²) in [7, 11) is 0. The first-order valence-corrected chi connectivity index (χ1v) is 8.08. The molecule has 1 aromatic carbocycles. The smallest absolute Gasteiger partial charge is 0.337 e. The van der Waals surface area contributed by atoms with Crippen LogP contribution in [0.15, 0.2) is 42.6 Å². The number of carboxylic acid groups (broad SMARTS) is 1. The van der Waals surface area contributed by atoms with E-state index in [0.29, 0.717) is 11.5 Å². The van der Waals surface area contributed by atoms with Gasteiger partial charge in [-0.25, -0.2) is 23.8 Å². The summed E-state index contributed by atoms with van der Waals surface area (Å²) in [6.45, 7) is 3.77. The molecule has 0 aliphatic rings. The maximum absolute atomic E-state index is 13.5. The number of rotatable bonds is 5. The number of aromatic nitrogens is 4. The maximum Gasteiger partial charge on any atom is 0.337 e. The third-order valence-electron chi connectivity index (χ3n) is 3.66. The number of nitrogens with zero attached hydrogens (tertiary/aromatic N) is 4. The third kappa shape index (κ3) is 3.97. The Morgan fingerprint density at radius 3 is 2.59 bits per heavy atom. The van der Waals surface area contributed by atoms with Gasteiger partial charge in [0.15, 0.2) is 0 Å². The molecule has 0 fully saturated rings. The van der Waals surface area contributed by atoms with Crippen molar-refractivity contribution < 1.29 is 19.1 Å². The molecule has 0 aliphatic carbocycles. The fourth-order valence-corrected chi connectivity index (χ4v) is 2.36. The lowest BCUT2D eigenvalue weighted by Crippen LogP contribution is -2.15. The zero-order valence-electron chi connectivity index (χ0n) is 14.5. The lowest BCUT2D eigenvalue weighted by Gasteiger charge is -2.07. The van der Waals surface area contributed by atoms with E-state index in [9.17, 15) is 14.0 Å². The number of pyridine rings is 1. The van der Waals surface area contributed by atoms with Crippen LogP contribution in [0.1, 0.15) is 46.6 Å². The number of carbonyl (C=O) groups excluding carboxylic acids is 1. The molecule has 138 valence electrons. The van der Waals surface area contributed by atoms with Gasteiger partial charge in [-0.1, -0.05) is 19.9 Å². The number of hydrogen-bond acceptors (Lipinski definition) is 5. The highest BCUT2D eigenvalue weighted by molar-refractivity contribution is 6.01. The van der Waals surface area contributed by atoms with Crippen LogP contribution in [0.5, 0.6) is 0 Å². The average Bonchev–Trinajstić information content (AvgIpc) is 3.08. The summed E-state index contributed by atoms with van der Waals surface area (Å²) in [5.74, 6) is -1.65. The van der Waals surface area contributed by atoms with Crippen LogP contribution in [-0.4, -0.2) is 36.7 Å². The number of nitrogens with one attached hydrogen (secondary N) is 1. The number of amides is 1. The van der Waals surface area contributed by atoms with Gasteiger partial charge in [-0.15, -0.1) is 5.10 Å². The van der Waals surface area contributed by atoms with E-state index >= 15 is 0 Å². The van der Waals surface area contributed by atoms with Gasteiger partial charge in [-0.3, -0.25) is 4.79 Å². The van der Waals surface area contributed by atoms with Gasteiger partial charge >= 0.3 is 5.97 Å². The molecule has 0 atom stereocenters. The molecule has 27 heavy (non-hydrogen) atoms. The lowest BCUT2D eigenvalue weighted by atomic mass is 10.2. The van der Waals surface area contributed by atoms with Crippen LogP contribution in [0.25, 0.3) is 5.69 Å². The topological polar surface area (TPSA) is 110 Å². The maximum atomic E-state index is 13.5. The van der Waals surface area contributed by atoms with Gasteiger partial charge in [0.25, 0.3) is 5.91 Å².